The maximum absolute atomic E-state index is 12.5. The number of hydrogen-bond acceptors (Lipinski definition) is 12. The average molecular weight is 668 g/mol. The quantitative estimate of drug-likeness (QED) is 0.0459. The van der Waals surface area contributed by atoms with Gasteiger partial charge in [0.1, 0.15) is 13.2 Å². The van der Waals surface area contributed by atoms with Crippen molar-refractivity contribution in [3.8, 4) is 0 Å². The largest absolute Gasteiger partial charge is 0.472 e. The van der Waals surface area contributed by atoms with Crippen LogP contribution in [0.4, 0.5) is 0 Å². The fourth-order valence-electron chi connectivity index (χ4n) is 4.13. The Morgan fingerprint density at radius 2 is 1.13 bits per heavy atom. The van der Waals surface area contributed by atoms with Gasteiger partial charge in [-0.1, -0.05) is 85.0 Å². The van der Waals surface area contributed by atoms with Gasteiger partial charge in [-0.25, -0.2) is 4.57 Å². The van der Waals surface area contributed by atoms with E-state index in [9.17, 15) is 28.6 Å². The molecular formula is C31H58NO12P. The van der Waals surface area contributed by atoms with Crippen LogP contribution in [0.3, 0.4) is 0 Å². The Hall–Kier alpha value is -2.05. The molecule has 14 heteroatoms. The van der Waals surface area contributed by atoms with E-state index in [1.54, 1.807) is 20.8 Å². The van der Waals surface area contributed by atoms with Crippen LogP contribution in [0, 0.1) is 5.92 Å². The highest BCUT2D eigenvalue weighted by atomic mass is 31.2. The zero-order chi connectivity index (χ0) is 34.1. The first-order valence-electron chi connectivity index (χ1n) is 16.3. The third kappa shape index (κ3) is 27.9. The molecule has 3 N–H and O–H groups in total. The van der Waals surface area contributed by atoms with Crippen molar-refractivity contribution >= 4 is 31.7 Å². The van der Waals surface area contributed by atoms with Crippen LogP contribution in [0.2, 0.25) is 0 Å². The predicted octanol–water partition coefficient (Wildman–Crippen LogP) is 5.53. The highest BCUT2D eigenvalue weighted by Gasteiger charge is 2.29. The molecule has 0 aromatic heterocycles. The van der Waals surface area contributed by atoms with E-state index in [1.807, 2.05) is 0 Å². The first-order valence-corrected chi connectivity index (χ1v) is 17.8. The third-order valence-corrected chi connectivity index (χ3v) is 7.34. The molecule has 2 unspecified atom stereocenters. The molecule has 264 valence electrons. The van der Waals surface area contributed by atoms with E-state index in [-0.39, 0.29) is 31.8 Å². The van der Waals surface area contributed by atoms with Crippen molar-refractivity contribution < 1.29 is 56.6 Å². The number of phosphoric ester groups is 1. The van der Waals surface area contributed by atoms with Crippen LogP contribution in [-0.2, 0) is 51.7 Å². The van der Waals surface area contributed by atoms with E-state index in [0.29, 0.717) is 6.42 Å². The van der Waals surface area contributed by atoms with E-state index in [1.165, 1.54) is 44.9 Å². The predicted molar refractivity (Wildman–Crippen MR) is 168 cm³/mol. The molecule has 0 aliphatic rings. The molecule has 0 radical (unpaired) electrons. The number of carbonyl (C=O) groups is 4. The van der Waals surface area contributed by atoms with Gasteiger partial charge in [-0.2, -0.15) is 0 Å². The fraction of sp³-hybridized carbons (Fsp3) is 0.871. The Bertz CT molecular complexity index is 883. The van der Waals surface area contributed by atoms with Gasteiger partial charge in [0.15, 0.2) is 12.2 Å². The fourth-order valence-corrected chi connectivity index (χ4v) is 4.91. The Morgan fingerprint density at radius 3 is 1.60 bits per heavy atom. The Morgan fingerprint density at radius 1 is 0.667 bits per heavy atom. The minimum atomic E-state index is -4.76. The number of hydrogen-bond donors (Lipinski definition) is 2. The number of phosphoric acid groups is 1. The molecule has 0 aromatic carbocycles. The Kier molecular flexibility index (Phi) is 24.9. The summed E-state index contributed by atoms with van der Waals surface area (Å²) >= 11 is 0. The second-order valence-electron chi connectivity index (χ2n) is 11.8. The van der Waals surface area contributed by atoms with Crippen molar-refractivity contribution in [1.82, 2.24) is 0 Å². The van der Waals surface area contributed by atoms with E-state index in [4.69, 9.17) is 33.7 Å². The van der Waals surface area contributed by atoms with Crippen molar-refractivity contribution in [3.63, 3.8) is 0 Å². The second kappa shape index (κ2) is 26.1. The van der Waals surface area contributed by atoms with Crippen LogP contribution in [0.15, 0.2) is 0 Å². The van der Waals surface area contributed by atoms with Gasteiger partial charge in [0.25, 0.3) is 0 Å². The van der Waals surface area contributed by atoms with Crippen LogP contribution in [0.1, 0.15) is 125 Å². The number of nitrogens with two attached hydrogens (primary N) is 1. The molecule has 0 saturated heterocycles. The lowest BCUT2D eigenvalue weighted by atomic mass is 10.1. The van der Waals surface area contributed by atoms with Gasteiger partial charge in [0.05, 0.1) is 19.6 Å². The summed E-state index contributed by atoms with van der Waals surface area (Å²) in [5.74, 6) is -2.44. The van der Waals surface area contributed by atoms with Crippen molar-refractivity contribution in [2.45, 2.75) is 143 Å². The normalized spacial score (nSPS) is 14.7. The summed E-state index contributed by atoms with van der Waals surface area (Å²) < 4.78 is 43.0. The number of ether oxygens (including phenoxy) is 4. The summed E-state index contributed by atoms with van der Waals surface area (Å²) in [6, 6.07) is -0.448. The molecule has 0 aliphatic carbocycles. The molecule has 4 atom stereocenters. The standard InChI is InChI=1S/C31H58NO12P/c1-6-7-8-9-10-11-12-13-14-15-16-17-29(34)39-20-27(43-26(5)33)22-41-45(37,38)42-23-28(44-31(36)18-24(2)3)21-40-30(35)19-25(4)32/h24-25,27-28H,6-23,32H2,1-5H3,(H,37,38)/t25-,27+,28?/m0/s1. The number of rotatable bonds is 28. The molecule has 0 amide bonds. The molecule has 0 saturated carbocycles. The molecule has 0 heterocycles. The lowest BCUT2D eigenvalue weighted by molar-refractivity contribution is -0.162. The van der Waals surface area contributed by atoms with Crippen molar-refractivity contribution in [3.05, 3.63) is 0 Å². The van der Waals surface area contributed by atoms with Gasteiger partial charge < -0.3 is 29.6 Å². The van der Waals surface area contributed by atoms with Crippen LogP contribution < -0.4 is 5.73 Å². The molecule has 0 spiro atoms. The maximum atomic E-state index is 12.5. The van der Waals surface area contributed by atoms with Crippen LogP contribution in [0.5, 0.6) is 0 Å². The Labute approximate surface area is 269 Å². The van der Waals surface area contributed by atoms with E-state index in [2.05, 4.69) is 6.92 Å². The summed E-state index contributed by atoms with van der Waals surface area (Å²) in [5.41, 5.74) is 5.58. The average Bonchev–Trinajstić information content (AvgIpc) is 2.93. The van der Waals surface area contributed by atoms with Crippen LogP contribution in [-0.4, -0.2) is 73.4 Å². The van der Waals surface area contributed by atoms with E-state index in [0.717, 1.165) is 26.2 Å². The monoisotopic (exact) mass is 667 g/mol. The smallest absolute Gasteiger partial charge is 0.462 e. The zero-order valence-electron chi connectivity index (χ0n) is 28.0. The topological polar surface area (TPSA) is 187 Å². The summed E-state index contributed by atoms with van der Waals surface area (Å²) in [5, 5.41) is 0. The van der Waals surface area contributed by atoms with Gasteiger partial charge in [0, 0.05) is 25.8 Å². The van der Waals surface area contributed by atoms with Crippen LogP contribution in [0.25, 0.3) is 0 Å². The minimum absolute atomic E-state index is 0.0148. The summed E-state index contributed by atoms with van der Waals surface area (Å²) in [7, 11) is -4.76. The molecule has 0 aromatic rings. The lowest BCUT2D eigenvalue weighted by Gasteiger charge is -2.22. The van der Waals surface area contributed by atoms with Gasteiger partial charge in [-0.05, 0) is 19.3 Å². The van der Waals surface area contributed by atoms with Gasteiger partial charge in [-0.15, -0.1) is 0 Å². The van der Waals surface area contributed by atoms with Crippen LogP contribution >= 0.6 is 7.82 Å². The van der Waals surface area contributed by atoms with Gasteiger partial charge in [0.2, 0.25) is 0 Å². The second-order valence-corrected chi connectivity index (χ2v) is 13.3. The molecule has 0 aliphatic heterocycles. The number of unbranched alkanes of at least 4 members (excludes halogenated alkanes) is 10. The SMILES string of the molecule is CCCCCCCCCCCCCC(=O)OC[C@H](COP(=O)(O)OCC(COC(=O)C[C@H](C)N)OC(=O)CC(C)C)OC(C)=O. The summed E-state index contributed by atoms with van der Waals surface area (Å²) in [6.45, 7) is 6.53. The van der Waals surface area contributed by atoms with E-state index >= 15 is 0 Å². The Balaban J connectivity index is 4.63. The molecule has 0 fully saturated rings. The lowest BCUT2D eigenvalue weighted by Crippen LogP contribution is -2.31. The minimum Gasteiger partial charge on any atom is -0.462 e. The third-order valence-electron chi connectivity index (χ3n) is 6.39. The number of carbonyl (C=O) groups excluding carboxylic acids is 4. The van der Waals surface area contributed by atoms with Gasteiger partial charge in [-0.3, -0.25) is 28.2 Å². The summed E-state index contributed by atoms with van der Waals surface area (Å²) in [4.78, 5) is 57.9. The molecule has 0 bridgehead atoms. The molecule has 45 heavy (non-hydrogen) atoms. The van der Waals surface area contributed by atoms with E-state index < -0.39 is 69.8 Å². The first kappa shape index (κ1) is 43.0. The maximum Gasteiger partial charge on any atom is 0.472 e. The highest BCUT2D eigenvalue weighted by molar-refractivity contribution is 7.47. The molecule has 0 rings (SSSR count). The summed E-state index contributed by atoms with van der Waals surface area (Å²) in [6.07, 6.45) is 10.5. The number of esters is 4. The van der Waals surface area contributed by atoms with Gasteiger partial charge >= 0.3 is 31.7 Å². The van der Waals surface area contributed by atoms with Crippen molar-refractivity contribution in [2.75, 3.05) is 26.4 Å². The molecule has 13 nitrogen and oxygen atoms in total. The van der Waals surface area contributed by atoms with Crippen molar-refractivity contribution in [1.29, 1.82) is 0 Å². The highest BCUT2D eigenvalue weighted by Crippen LogP contribution is 2.43. The first-order chi connectivity index (χ1) is 21.2. The molecular weight excluding hydrogens is 609 g/mol. The van der Waals surface area contributed by atoms with Crippen molar-refractivity contribution in [2.24, 2.45) is 11.7 Å². The zero-order valence-corrected chi connectivity index (χ0v) is 28.9.